The molecule has 0 radical (unpaired) electrons. The summed E-state index contributed by atoms with van der Waals surface area (Å²) in [5.41, 5.74) is 8.85. The topological polar surface area (TPSA) is 55.1 Å². The number of amides is 1. The van der Waals surface area contributed by atoms with E-state index in [1.807, 2.05) is 6.92 Å². The molecule has 0 spiro atoms. The molecule has 3 nitrogen and oxygen atoms in total. The largest absolute Gasteiger partial charge is 0.348 e. The van der Waals surface area contributed by atoms with Gasteiger partial charge in [-0.1, -0.05) is 29.3 Å². The molecule has 1 fully saturated rings. The van der Waals surface area contributed by atoms with E-state index >= 15 is 0 Å². The van der Waals surface area contributed by atoms with Crippen LogP contribution < -0.4 is 11.1 Å². The highest BCUT2D eigenvalue weighted by Crippen LogP contribution is 2.33. The number of nitrogens with two attached hydrogens (primary N) is 1. The number of carbonyl (C=O) groups excluding carboxylic acids is 1. The van der Waals surface area contributed by atoms with Crippen molar-refractivity contribution < 1.29 is 4.79 Å². The van der Waals surface area contributed by atoms with Crippen LogP contribution in [-0.4, -0.2) is 11.4 Å². The van der Waals surface area contributed by atoms with Gasteiger partial charge in [0, 0.05) is 0 Å². The molecule has 0 heterocycles. The molecule has 1 unspecified atom stereocenters. The number of rotatable bonds is 3. The highest BCUT2D eigenvalue weighted by molar-refractivity contribution is 5.89. The van der Waals surface area contributed by atoms with E-state index in [2.05, 4.69) is 37.4 Å². The van der Waals surface area contributed by atoms with Gasteiger partial charge in [-0.3, -0.25) is 4.79 Å². The fourth-order valence-electron chi connectivity index (χ4n) is 2.05. The zero-order valence-electron chi connectivity index (χ0n) is 10.7. The van der Waals surface area contributed by atoms with Crippen LogP contribution in [0, 0.1) is 13.8 Å². The van der Waals surface area contributed by atoms with Crippen molar-refractivity contribution in [3.05, 3.63) is 34.9 Å². The highest BCUT2D eigenvalue weighted by atomic mass is 16.2. The average molecular weight is 232 g/mol. The van der Waals surface area contributed by atoms with E-state index in [1.165, 1.54) is 11.1 Å². The van der Waals surface area contributed by atoms with Gasteiger partial charge in [0.25, 0.3) is 0 Å². The first kappa shape index (κ1) is 12.1. The third-order valence-corrected chi connectivity index (χ3v) is 3.33. The summed E-state index contributed by atoms with van der Waals surface area (Å²) in [6, 6.07) is 6.35. The minimum atomic E-state index is -0.590. The smallest absolute Gasteiger partial charge is 0.240 e. The third kappa shape index (κ3) is 2.67. The standard InChI is InChI=1S/C14H20N2O/c1-9-6-10(2)8-12(7-9)11(3)16-13(17)14(15)4-5-14/h6-8,11H,4-5,15H2,1-3H3,(H,16,17). The second-order valence-corrected chi connectivity index (χ2v) is 5.27. The Labute approximate surface area is 102 Å². The first-order valence-electron chi connectivity index (χ1n) is 6.09. The number of hydrogen-bond donors (Lipinski definition) is 2. The van der Waals surface area contributed by atoms with E-state index in [0.29, 0.717) is 0 Å². The van der Waals surface area contributed by atoms with Gasteiger partial charge in [-0.2, -0.15) is 0 Å². The van der Waals surface area contributed by atoms with Gasteiger partial charge in [0.15, 0.2) is 0 Å². The predicted octanol–water partition coefficient (Wildman–Crippen LogP) is 1.97. The summed E-state index contributed by atoms with van der Waals surface area (Å²) in [7, 11) is 0. The SMILES string of the molecule is Cc1cc(C)cc(C(C)NC(=O)C2(N)CC2)c1. The molecule has 1 saturated carbocycles. The molecule has 0 bridgehead atoms. The van der Waals surface area contributed by atoms with Crippen molar-refractivity contribution >= 4 is 5.91 Å². The number of hydrogen-bond acceptors (Lipinski definition) is 2. The average Bonchev–Trinajstić information content (AvgIpc) is 2.96. The van der Waals surface area contributed by atoms with E-state index in [4.69, 9.17) is 5.73 Å². The Bertz CT molecular complexity index is 429. The molecular formula is C14H20N2O. The molecule has 3 heteroatoms. The van der Waals surface area contributed by atoms with E-state index in [0.717, 1.165) is 18.4 Å². The van der Waals surface area contributed by atoms with E-state index in [9.17, 15) is 4.79 Å². The monoisotopic (exact) mass is 232 g/mol. The fraction of sp³-hybridized carbons (Fsp3) is 0.500. The molecule has 17 heavy (non-hydrogen) atoms. The number of aryl methyl sites for hydroxylation is 2. The van der Waals surface area contributed by atoms with Crippen LogP contribution in [0.4, 0.5) is 0 Å². The molecule has 1 atom stereocenters. The molecule has 3 N–H and O–H groups in total. The summed E-state index contributed by atoms with van der Waals surface area (Å²) in [6.45, 7) is 6.13. The van der Waals surface area contributed by atoms with Crippen molar-refractivity contribution in [1.29, 1.82) is 0 Å². The molecule has 1 aromatic carbocycles. The Morgan fingerprint density at radius 2 is 1.82 bits per heavy atom. The van der Waals surface area contributed by atoms with Crippen molar-refractivity contribution in [3.8, 4) is 0 Å². The maximum atomic E-state index is 11.8. The zero-order valence-corrected chi connectivity index (χ0v) is 10.7. The van der Waals surface area contributed by atoms with Gasteiger partial charge >= 0.3 is 0 Å². The van der Waals surface area contributed by atoms with Gasteiger partial charge in [-0.15, -0.1) is 0 Å². The minimum absolute atomic E-state index is 0.0159. The quantitative estimate of drug-likeness (QED) is 0.837. The Hall–Kier alpha value is -1.35. The number of carbonyl (C=O) groups is 1. The Morgan fingerprint density at radius 3 is 2.29 bits per heavy atom. The van der Waals surface area contributed by atoms with Gasteiger partial charge in [0.05, 0.1) is 11.6 Å². The molecule has 1 aliphatic rings. The first-order valence-corrected chi connectivity index (χ1v) is 6.09. The van der Waals surface area contributed by atoms with Gasteiger partial charge in [-0.25, -0.2) is 0 Å². The van der Waals surface area contributed by atoms with Crippen LogP contribution in [0.2, 0.25) is 0 Å². The van der Waals surface area contributed by atoms with Crippen molar-refractivity contribution in [1.82, 2.24) is 5.32 Å². The van der Waals surface area contributed by atoms with Crippen LogP contribution in [0.15, 0.2) is 18.2 Å². The van der Waals surface area contributed by atoms with Crippen LogP contribution >= 0.6 is 0 Å². The van der Waals surface area contributed by atoms with Gasteiger partial charge in [0.1, 0.15) is 0 Å². The van der Waals surface area contributed by atoms with Crippen molar-refractivity contribution in [2.24, 2.45) is 5.73 Å². The lowest BCUT2D eigenvalue weighted by Crippen LogP contribution is -2.43. The third-order valence-electron chi connectivity index (χ3n) is 3.33. The van der Waals surface area contributed by atoms with Crippen molar-refractivity contribution in [2.75, 3.05) is 0 Å². The normalized spacial score (nSPS) is 18.6. The van der Waals surface area contributed by atoms with Crippen LogP contribution in [0.3, 0.4) is 0 Å². The van der Waals surface area contributed by atoms with E-state index in [-0.39, 0.29) is 11.9 Å². The summed E-state index contributed by atoms with van der Waals surface area (Å²) < 4.78 is 0. The molecule has 1 aromatic rings. The van der Waals surface area contributed by atoms with E-state index < -0.39 is 5.54 Å². The summed E-state index contributed by atoms with van der Waals surface area (Å²) in [6.07, 6.45) is 1.61. The molecule has 1 amide bonds. The molecule has 0 aliphatic heterocycles. The van der Waals surface area contributed by atoms with E-state index in [1.54, 1.807) is 0 Å². The second kappa shape index (κ2) is 4.15. The molecular weight excluding hydrogens is 212 g/mol. The Balaban J connectivity index is 2.08. The lowest BCUT2D eigenvalue weighted by atomic mass is 10.0. The molecule has 2 rings (SSSR count). The predicted molar refractivity (Wildman–Crippen MR) is 68.6 cm³/mol. The van der Waals surface area contributed by atoms with Crippen LogP contribution in [0.1, 0.15) is 42.5 Å². The van der Waals surface area contributed by atoms with Crippen LogP contribution in [0.25, 0.3) is 0 Å². The maximum absolute atomic E-state index is 11.8. The molecule has 1 aliphatic carbocycles. The zero-order chi connectivity index (χ0) is 12.6. The summed E-state index contributed by atoms with van der Waals surface area (Å²) in [4.78, 5) is 11.8. The summed E-state index contributed by atoms with van der Waals surface area (Å²) in [5, 5.41) is 2.99. The van der Waals surface area contributed by atoms with Crippen molar-refractivity contribution in [2.45, 2.75) is 45.2 Å². The molecule has 0 aromatic heterocycles. The van der Waals surface area contributed by atoms with Gasteiger partial charge < -0.3 is 11.1 Å². The van der Waals surface area contributed by atoms with Crippen molar-refractivity contribution in [3.63, 3.8) is 0 Å². The Morgan fingerprint density at radius 1 is 1.29 bits per heavy atom. The van der Waals surface area contributed by atoms with Gasteiger partial charge in [-0.05, 0) is 39.2 Å². The van der Waals surface area contributed by atoms with Gasteiger partial charge in [0.2, 0.25) is 5.91 Å². The lowest BCUT2D eigenvalue weighted by Gasteiger charge is -2.18. The summed E-state index contributed by atoms with van der Waals surface area (Å²) >= 11 is 0. The highest BCUT2D eigenvalue weighted by Gasteiger charge is 2.46. The second-order valence-electron chi connectivity index (χ2n) is 5.27. The fourth-order valence-corrected chi connectivity index (χ4v) is 2.05. The first-order chi connectivity index (χ1) is 7.90. The summed E-state index contributed by atoms with van der Waals surface area (Å²) in [5.74, 6) is -0.0239. The maximum Gasteiger partial charge on any atom is 0.240 e. The minimum Gasteiger partial charge on any atom is -0.348 e. The number of benzene rings is 1. The lowest BCUT2D eigenvalue weighted by molar-refractivity contribution is -0.123. The Kier molecular flexibility index (Phi) is 2.96. The number of nitrogens with one attached hydrogen (secondary N) is 1. The van der Waals surface area contributed by atoms with Crippen LogP contribution in [-0.2, 0) is 4.79 Å². The molecule has 92 valence electrons. The molecule has 0 saturated heterocycles. The van der Waals surface area contributed by atoms with Crippen LogP contribution in [0.5, 0.6) is 0 Å².